The van der Waals surface area contributed by atoms with Crippen molar-refractivity contribution in [1.82, 2.24) is 0 Å². The van der Waals surface area contributed by atoms with Gasteiger partial charge in [0.2, 0.25) is 0 Å². The second kappa shape index (κ2) is 3.15. The minimum Gasteiger partial charge on any atom is -0.311 e. The summed E-state index contributed by atoms with van der Waals surface area (Å²) in [5, 5.41) is 1.84. The van der Waals surface area contributed by atoms with E-state index in [9.17, 15) is 0 Å². The quantitative estimate of drug-likeness (QED) is 0.542. The predicted molar refractivity (Wildman–Crippen MR) is 50.7 cm³/mol. The van der Waals surface area contributed by atoms with Crippen LogP contribution in [0.1, 0.15) is 12.8 Å². The monoisotopic (exact) mass is 162 g/mol. The lowest BCUT2D eigenvalue weighted by atomic mass is 10.3. The molecular formula is C10H14N2. The Balaban J connectivity index is 1.98. The van der Waals surface area contributed by atoms with Crippen LogP contribution in [-0.2, 0) is 0 Å². The molecule has 1 fully saturated rings. The molecule has 0 bridgehead atoms. The van der Waals surface area contributed by atoms with Crippen LogP contribution in [0.2, 0.25) is 0 Å². The van der Waals surface area contributed by atoms with Gasteiger partial charge in [-0.1, -0.05) is 18.2 Å². The molecule has 0 amide bonds. The van der Waals surface area contributed by atoms with E-state index >= 15 is 0 Å². The fourth-order valence-electron chi connectivity index (χ4n) is 1.30. The normalized spacial score (nSPS) is 16.1. The highest BCUT2D eigenvalue weighted by molar-refractivity contribution is 5.44. The lowest BCUT2D eigenvalue weighted by Gasteiger charge is -2.17. The molecule has 0 saturated heterocycles. The Morgan fingerprint density at radius 1 is 1.25 bits per heavy atom. The first kappa shape index (κ1) is 7.62. The zero-order valence-corrected chi connectivity index (χ0v) is 7.11. The summed E-state index contributed by atoms with van der Waals surface area (Å²) in [5.41, 5.74) is 1.12. The maximum Gasteiger partial charge on any atom is 0.0517 e. The Bertz CT molecular complexity index is 241. The molecule has 0 aromatic heterocycles. The van der Waals surface area contributed by atoms with Crippen molar-refractivity contribution in [2.75, 3.05) is 11.6 Å². The zero-order valence-electron chi connectivity index (χ0n) is 7.11. The highest BCUT2D eigenvalue weighted by Crippen LogP contribution is 2.30. The van der Waals surface area contributed by atoms with Gasteiger partial charge in [0, 0.05) is 6.54 Å². The smallest absolute Gasteiger partial charge is 0.0517 e. The van der Waals surface area contributed by atoms with E-state index in [0.29, 0.717) is 0 Å². The Morgan fingerprint density at radius 3 is 2.50 bits per heavy atom. The molecule has 2 N–H and O–H groups in total. The van der Waals surface area contributed by atoms with Crippen LogP contribution in [0.3, 0.4) is 0 Å². The standard InChI is InChI=1S/C10H14N2/c11-12(8-9-6-7-9)10-4-2-1-3-5-10/h1-5,9H,6-8,11H2. The molecule has 1 saturated carbocycles. The average Bonchev–Trinajstić information content (AvgIpc) is 2.90. The summed E-state index contributed by atoms with van der Waals surface area (Å²) in [6, 6.07) is 10.1. The molecule has 1 aliphatic rings. The molecule has 0 unspecified atom stereocenters. The van der Waals surface area contributed by atoms with Crippen molar-refractivity contribution in [3.05, 3.63) is 30.3 Å². The van der Waals surface area contributed by atoms with E-state index in [1.54, 1.807) is 0 Å². The van der Waals surface area contributed by atoms with Crippen molar-refractivity contribution >= 4 is 5.69 Å². The van der Waals surface area contributed by atoms with E-state index in [0.717, 1.165) is 18.2 Å². The number of hydrazine groups is 1. The topological polar surface area (TPSA) is 29.3 Å². The van der Waals surface area contributed by atoms with E-state index in [-0.39, 0.29) is 0 Å². The number of benzene rings is 1. The van der Waals surface area contributed by atoms with Crippen molar-refractivity contribution in [3.63, 3.8) is 0 Å². The minimum atomic E-state index is 0.843. The molecule has 0 atom stereocenters. The van der Waals surface area contributed by atoms with Gasteiger partial charge in [-0.15, -0.1) is 0 Å². The number of anilines is 1. The molecule has 64 valence electrons. The van der Waals surface area contributed by atoms with Gasteiger partial charge in [0.1, 0.15) is 0 Å². The van der Waals surface area contributed by atoms with Crippen molar-refractivity contribution in [3.8, 4) is 0 Å². The summed E-state index contributed by atoms with van der Waals surface area (Å²) >= 11 is 0. The van der Waals surface area contributed by atoms with Crippen molar-refractivity contribution in [1.29, 1.82) is 0 Å². The lowest BCUT2D eigenvalue weighted by molar-refractivity contribution is 0.750. The van der Waals surface area contributed by atoms with Crippen LogP contribution < -0.4 is 10.9 Å². The second-order valence-electron chi connectivity index (χ2n) is 3.43. The van der Waals surface area contributed by atoms with Gasteiger partial charge in [0.25, 0.3) is 0 Å². The van der Waals surface area contributed by atoms with Gasteiger partial charge in [-0.05, 0) is 30.9 Å². The number of rotatable bonds is 3. The highest BCUT2D eigenvalue weighted by atomic mass is 15.4. The van der Waals surface area contributed by atoms with E-state index < -0.39 is 0 Å². The first-order chi connectivity index (χ1) is 5.86. The lowest BCUT2D eigenvalue weighted by Crippen LogP contribution is -2.32. The van der Waals surface area contributed by atoms with Gasteiger partial charge in [-0.2, -0.15) is 0 Å². The molecule has 0 radical (unpaired) electrons. The summed E-state index contributed by atoms with van der Waals surface area (Å²) in [7, 11) is 0. The highest BCUT2D eigenvalue weighted by Gasteiger charge is 2.23. The van der Waals surface area contributed by atoms with Crippen LogP contribution in [0, 0.1) is 5.92 Å². The molecule has 0 spiro atoms. The third-order valence-corrected chi connectivity index (χ3v) is 2.24. The van der Waals surface area contributed by atoms with Crippen LogP contribution >= 0.6 is 0 Å². The minimum absolute atomic E-state index is 0.843. The molecule has 0 heterocycles. The predicted octanol–water partition coefficient (Wildman–Crippen LogP) is 1.78. The van der Waals surface area contributed by atoms with Crippen LogP contribution in [0.4, 0.5) is 5.69 Å². The van der Waals surface area contributed by atoms with E-state index in [2.05, 4.69) is 0 Å². The molecular weight excluding hydrogens is 148 g/mol. The SMILES string of the molecule is NN(CC1CC1)c1ccccc1. The Labute approximate surface area is 73.0 Å². The number of hydrogen-bond donors (Lipinski definition) is 1. The molecule has 1 aromatic carbocycles. The van der Waals surface area contributed by atoms with E-state index in [1.807, 2.05) is 35.3 Å². The zero-order chi connectivity index (χ0) is 8.39. The molecule has 0 aliphatic heterocycles. The third kappa shape index (κ3) is 1.77. The summed E-state index contributed by atoms with van der Waals surface area (Å²) in [5.74, 6) is 6.71. The van der Waals surface area contributed by atoms with Crippen molar-refractivity contribution in [2.24, 2.45) is 11.8 Å². The summed E-state index contributed by atoms with van der Waals surface area (Å²) < 4.78 is 0. The van der Waals surface area contributed by atoms with E-state index in [4.69, 9.17) is 5.84 Å². The second-order valence-corrected chi connectivity index (χ2v) is 3.43. The number of hydrogen-bond acceptors (Lipinski definition) is 2. The molecule has 1 aliphatic carbocycles. The maximum absolute atomic E-state index is 5.87. The third-order valence-electron chi connectivity index (χ3n) is 2.24. The van der Waals surface area contributed by atoms with Gasteiger partial charge in [-0.25, -0.2) is 5.84 Å². The van der Waals surface area contributed by atoms with Gasteiger partial charge >= 0.3 is 0 Å². The fraction of sp³-hybridized carbons (Fsp3) is 0.400. The van der Waals surface area contributed by atoms with Crippen LogP contribution in [0.25, 0.3) is 0 Å². The number of para-hydroxylation sites is 1. The van der Waals surface area contributed by atoms with Crippen LogP contribution in [0.5, 0.6) is 0 Å². The molecule has 1 aromatic rings. The Kier molecular flexibility index (Phi) is 2.00. The Morgan fingerprint density at radius 2 is 1.92 bits per heavy atom. The summed E-state index contributed by atoms with van der Waals surface area (Å²) in [6.07, 6.45) is 2.70. The largest absolute Gasteiger partial charge is 0.311 e. The van der Waals surface area contributed by atoms with Gasteiger partial charge in [0.15, 0.2) is 0 Å². The first-order valence-corrected chi connectivity index (χ1v) is 4.43. The van der Waals surface area contributed by atoms with Gasteiger partial charge in [-0.3, -0.25) is 0 Å². The first-order valence-electron chi connectivity index (χ1n) is 4.43. The van der Waals surface area contributed by atoms with Gasteiger partial charge in [0.05, 0.1) is 5.69 Å². The summed E-state index contributed by atoms with van der Waals surface area (Å²) in [4.78, 5) is 0. The Hall–Kier alpha value is -1.02. The fourth-order valence-corrected chi connectivity index (χ4v) is 1.30. The van der Waals surface area contributed by atoms with E-state index in [1.165, 1.54) is 12.8 Å². The summed E-state index contributed by atoms with van der Waals surface area (Å²) in [6.45, 7) is 1.00. The molecule has 2 rings (SSSR count). The molecule has 2 heteroatoms. The number of nitrogens with two attached hydrogens (primary N) is 1. The van der Waals surface area contributed by atoms with Crippen LogP contribution in [-0.4, -0.2) is 6.54 Å². The molecule has 2 nitrogen and oxygen atoms in total. The van der Waals surface area contributed by atoms with Crippen molar-refractivity contribution < 1.29 is 0 Å². The molecule has 12 heavy (non-hydrogen) atoms. The maximum atomic E-state index is 5.87. The van der Waals surface area contributed by atoms with Crippen LogP contribution in [0.15, 0.2) is 30.3 Å². The van der Waals surface area contributed by atoms with Crippen molar-refractivity contribution in [2.45, 2.75) is 12.8 Å². The number of nitrogens with zero attached hydrogens (tertiary/aromatic N) is 1. The average molecular weight is 162 g/mol. The van der Waals surface area contributed by atoms with Gasteiger partial charge < -0.3 is 5.01 Å².